The summed E-state index contributed by atoms with van der Waals surface area (Å²) in [5, 5.41) is 9.80. The Morgan fingerprint density at radius 2 is 2.25 bits per heavy atom. The first-order chi connectivity index (χ1) is 7.61. The summed E-state index contributed by atoms with van der Waals surface area (Å²) in [6, 6.07) is 5.74. The molecule has 16 heavy (non-hydrogen) atoms. The molecule has 0 saturated heterocycles. The molecule has 0 heterocycles. The van der Waals surface area contributed by atoms with E-state index in [1.807, 2.05) is 36.2 Å². The summed E-state index contributed by atoms with van der Waals surface area (Å²) in [4.78, 5) is 2.03. The molecular formula is C13H19NO2. The number of anilines is 1. The fourth-order valence-corrected chi connectivity index (χ4v) is 1.76. The highest BCUT2D eigenvalue weighted by Gasteiger charge is 2.15. The molecule has 3 heteroatoms. The molecule has 0 aliphatic heterocycles. The lowest BCUT2D eigenvalue weighted by Crippen LogP contribution is -2.19. The second-order valence-corrected chi connectivity index (χ2v) is 3.74. The SMILES string of the molecule is C=CCN(C)c1cccc(OC)c1[C@@H](C)O. The van der Waals surface area contributed by atoms with Crippen molar-refractivity contribution in [2.75, 3.05) is 25.6 Å². The first-order valence-electron chi connectivity index (χ1n) is 5.28. The third-order valence-corrected chi connectivity index (χ3v) is 2.50. The zero-order valence-electron chi connectivity index (χ0n) is 10.1. The zero-order valence-corrected chi connectivity index (χ0v) is 10.1. The van der Waals surface area contributed by atoms with Crippen LogP contribution < -0.4 is 9.64 Å². The summed E-state index contributed by atoms with van der Waals surface area (Å²) >= 11 is 0. The fourth-order valence-electron chi connectivity index (χ4n) is 1.76. The van der Waals surface area contributed by atoms with Crippen LogP contribution >= 0.6 is 0 Å². The Morgan fingerprint density at radius 1 is 1.56 bits per heavy atom. The van der Waals surface area contributed by atoms with Crippen LogP contribution in [-0.4, -0.2) is 25.8 Å². The minimum Gasteiger partial charge on any atom is -0.496 e. The number of nitrogens with zero attached hydrogens (tertiary/aromatic N) is 1. The van der Waals surface area contributed by atoms with E-state index in [1.165, 1.54) is 0 Å². The second kappa shape index (κ2) is 5.56. The molecule has 88 valence electrons. The number of ether oxygens (including phenoxy) is 1. The van der Waals surface area contributed by atoms with Gasteiger partial charge in [-0.1, -0.05) is 12.1 Å². The normalized spacial score (nSPS) is 12.0. The maximum absolute atomic E-state index is 9.80. The van der Waals surface area contributed by atoms with Gasteiger partial charge in [-0.15, -0.1) is 6.58 Å². The molecule has 3 nitrogen and oxygen atoms in total. The molecular weight excluding hydrogens is 202 g/mol. The Labute approximate surface area is 97.0 Å². The Morgan fingerprint density at radius 3 is 2.75 bits per heavy atom. The highest BCUT2D eigenvalue weighted by molar-refractivity contribution is 5.60. The molecule has 0 aromatic heterocycles. The lowest BCUT2D eigenvalue weighted by molar-refractivity contribution is 0.194. The number of methoxy groups -OCH3 is 1. The summed E-state index contributed by atoms with van der Waals surface area (Å²) < 4.78 is 5.26. The molecule has 1 N–H and O–H groups in total. The molecule has 0 unspecified atom stereocenters. The summed E-state index contributed by atoms with van der Waals surface area (Å²) in [6.45, 7) is 6.18. The molecule has 0 fully saturated rings. The molecule has 1 atom stereocenters. The van der Waals surface area contributed by atoms with Crippen molar-refractivity contribution in [1.29, 1.82) is 0 Å². The van der Waals surface area contributed by atoms with Crippen LogP contribution in [0.2, 0.25) is 0 Å². The minimum atomic E-state index is -0.557. The van der Waals surface area contributed by atoms with E-state index in [9.17, 15) is 5.11 Å². The second-order valence-electron chi connectivity index (χ2n) is 3.74. The van der Waals surface area contributed by atoms with E-state index >= 15 is 0 Å². The van der Waals surface area contributed by atoms with Crippen molar-refractivity contribution in [2.45, 2.75) is 13.0 Å². The van der Waals surface area contributed by atoms with E-state index in [0.717, 1.165) is 17.8 Å². The van der Waals surface area contributed by atoms with Gasteiger partial charge in [0.2, 0.25) is 0 Å². The standard InChI is InChI=1S/C13H19NO2/c1-5-9-14(3)11-7-6-8-12(16-4)13(11)10(2)15/h5-8,10,15H,1,9H2,2-4H3/t10-/m1/s1. The van der Waals surface area contributed by atoms with Crippen LogP contribution in [0.5, 0.6) is 5.75 Å². The zero-order chi connectivity index (χ0) is 12.1. The number of hydrogen-bond acceptors (Lipinski definition) is 3. The van der Waals surface area contributed by atoms with Gasteiger partial charge in [-0.05, 0) is 19.1 Å². The Kier molecular flexibility index (Phi) is 4.38. The van der Waals surface area contributed by atoms with Crippen LogP contribution in [0.15, 0.2) is 30.9 Å². The van der Waals surface area contributed by atoms with Gasteiger partial charge in [-0.2, -0.15) is 0 Å². The predicted molar refractivity (Wildman–Crippen MR) is 67.1 cm³/mol. The molecule has 0 saturated carbocycles. The lowest BCUT2D eigenvalue weighted by Gasteiger charge is -2.23. The maximum Gasteiger partial charge on any atom is 0.126 e. The summed E-state index contributed by atoms with van der Waals surface area (Å²) in [6.07, 6.45) is 1.27. The van der Waals surface area contributed by atoms with E-state index in [-0.39, 0.29) is 0 Å². The molecule has 1 rings (SSSR count). The van der Waals surface area contributed by atoms with Crippen LogP contribution in [0.4, 0.5) is 5.69 Å². The quantitative estimate of drug-likeness (QED) is 0.775. The average molecular weight is 221 g/mol. The van der Waals surface area contributed by atoms with Gasteiger partial charge in [0.15, 0.2) is 0 Å². The molecule has 0 amide bonds. The van der Waals surface area contributed by atoms with Crippen molar-refractivity contribution in [1.82, 2.24) is 0 Å². The maximum atomic E-state index is 9.80. The van der Waals surface area contributed by atoms with Gasteiger partial charge in [0.1, 0.15) is 5.75 Å². The van der Waals surface area contributed by atoms with Gasteiger partial charge < -0.3 is 14.7 Å². The molecule has 0 spiro atoms. The van der Waals surface area contributed by atoms with Crippen molar-refractivity contribution in [3.8, 4) is 5.75 Å². The van der Waals surface area contributed by atoms with Gasteiger partial charge in [-0.25, -0.2) is 0 Å². The average Bonchev–Trinajstić information content (AvgIpc) is 2.28. The Hall–Kier alpha value is -1.48. The Balaban J connectivity index is 3.21. The van der Waals surface area contributed by atoms with Gasteiger partial charge in [-0.3, -0.25) is 0 Å². The summed E-state index contributed by atoms with van der Waals surface area (Å²) in [5.41, 5.74) is 1.78. The van der Waals surface area contributed by atoms with Crippen molar-refractivity contribution >= 4 is 5.69 Å². The van der Waals surface area contributed by atoms with E-state index in [0.29, 0.717) is 5.75 Å². The largest absolute Gasteiger partial charge is 0.496 e. The van der Waals surface area contributed by atoms with Crippen molar-refractivity contribution < 1.29 is 9.84 Å². The smallest absolute Gasteiger partial charge is 0.126 e. The van der Waals surface area contributed by atoms with Gasteiger partial charge in [0, 0.05) is 24.8 Å². The van der Waals surface area contributed by atoms with Crippen LogP contribution in [0, 0.1) is 0 Å². The van der Waals surface area contributed by atoms with Crippen molar-refractivity contribution in [3.63, 3.8) is 0 Å². The van der Waals surface area contributed by atoms with Crippen molar-refractivity contribution in [2.24, 2.45) is 0 Å². The summed E-state index contributed by atoms with van der Waals surface area (Å²) in [5.74, 6) is 0.711. The first-order valence-corrected chi connectivity index (χ1v) is 5.28. The molecule has 0 bridgehead atoms. The highest BCUT2D eigenvalue weighted by Crippen LogP contribution is 2.33. The van der Waals surface area contributed by atoms with Gasteiger partial charge >= 0.3 is 0 Å². The minimum absolute atomic E-state index is 0.557. The van der Waals surface area contributed by atoms with E-state index < -0.39 is 6.10 Å². The van der Waals surface area contributed by atoms with Gasteiger partial charge in [0.25, 0.3) is 0 Å². The monoisotopic (exact) mass is 221 g/mol. The van der Waals surface area contributed by atoms with Gasteiger partial charge in [0.05, 0.1) is 13.2 Å². The molecule has 1 aromatic carbocycles. The third kappa shape index (κ3) is 2.55. The first kappa shape index (κ1) is 12.6. The molecule has 1 aromatic rings. The number of benzene rings is 1. The van der Waals surface area contributed by atoms with Crippen LogP contribution in [0.3, 0.4) is 0 Å². The molecule has 0 aliphatic carbocycles. The predicted octanol–water partition coefficient (Wildman–Crippen LogP) is 2.37. The van der Waals surface area contributed by atoms with Crippen molar-refractivity contribution in [3.05, 3.63) is 36.4 Å². The van der Waals surface area contributed by atoms with E-state index in [2.05, 4.69) is 6.58 Å². The van der Waals surface area contributed by atoms with E-state index in [4.69, 9.17) is 4.74 Å². The number of likely N-dealkylation sites (N-methyl/N-ethyl adjacent to an activating group) is 1. The van der Waals surface area contributed by atoms with Crippen LogP contribution in [-0.2, 0) is 0 Å². The molecule has 0 aliphatic rings. The van der Waals surface area contributed by atoms with Crippen LogP contribution in [0.25, 0.3) is 0 Å². The highest BCUT2D eigenvalue weighted by atomic mass is 16.5. The van der Waals surface area contributed by atoms with E-state index in [1.54, 1.807) is 14.0 Å². The number of aliphatic hydroxyl groups excluding tert-OH is 1. The number of hydrogen-bond donors (Lipinski definition) is 1. The lowest BCUT2D eigenvalue weighted by atomic mass is 10.1. The summed E-state index contributed by atoms with van der Waals surface area (Å²) in [7, 11) is 3.57. The number of aliphatic hydroxyl groups is 1. The third-order valence-electron chi connectivity index (χ3n) is 2.50. The Bertz CT molecular complexity index is 361. The number of rotatable bonds is 5. The topological polar surface area (TPSA) is 32.7 Å². The fraction of sp³-hybridized carbons (Fsp3) is 0.385. The van der Waals surface area contributed by atoms with Crippen LogP contribution in [0.1, 0.15) is 18.6 Å². The molecule has 0 radical (unpaired) electrons.